The molecule has 6 nitrogen and oxygen atoms in total. The van der Waals surface area contributed by atoms with Crippen molar-refractivity contribution in [2.45, 2.75) is 29.7 Å². The summed E-state index contributed by atoms with van der Waals surface area (Å²) in [7, 11) is 0. The topological polar surface area (TPSA) is 67.1 Å². The third kappa shape index (κ3) is 8.72. The summed E-state index contributed by atoms with van der Waals surface area (Å²) < 4.78 is 126. The van der Waals surface area contributed by atoms with Crippen LogP contribution >= 0.6 is 11.8 Å². The molecular weight excluding hydrogens is 556 g/mol. The lowest BCUT2D eigenvalue weighted by Crippen LogP contribution is -2.46. The van der Waals surface area contributed by atoms with Crippen molar-refractivity contribution >= 4 is 28.7 Å². The number of alkyl halides is 8. The van der Waals surface area contributed by atoms with Gasteiger partial charge < -0.3 is 9.15 Å². The number of benzene rings is 2. The number of carbonyl (C=O) groups is 1. The quantitative estimate of drug-likeness (QED) is 0.0703. The predicted octanol–water partition coefficient (Wildman–Crippen LogP) is 7.26. The molecule has 0 N–H and O–H groups in total. The Balaban J connectivity index is 1.59. The van der Waals surface area contributed by atoms with Crippen molar-refractivity contribution in [2.24, 2.45) is 0 Å². The average molecular weight is 572 g/mol. The Hall–Kier alpha value is -3.14. The highest BCUT2D eigenvalue weighted by Crippen LogP contribution is 2.39. The first-order valence-corrected chi connectivity index (χ1v) is 11.2. The SMILES string of the molecule is C=CC(=O)OCC(F)(F)OC(F)(F)OC(F)(F)OC(F)(F)CSc1ccc2cc(-c3ccccc3)oc2c1. The first-order chi connectivity index (χ1) is 17.6. The lowest BCUT2D eigenvalue weighted by atomic mass is 10.1. The van der Waals surface area contributed by atoms with Crippen molar-refractivity contribution in [3.05, 3.63) is 67.3 Å². The molecule has 1 aromatic heterocycles. The maximum Gasteiger partial charge on any atom is 0.496 e. The van der Waals surface area contributed by atoms with Gasteiger partial charge in [-0.2, -0.15) is 17.6 Å². The van der Waals surface area contributed by atoms with Crippen molar-refractivity contribution in [1.29, 1.82) is 0 Å². The normalized spacial score (nSPS) is 13.1. The maximum atomic E-state index is 14.0. The predicted molar refractivity (Wildman–Crippen MR) is 117 cm³/mol. The molecule has 0 aliphatic heterocycles. The molecule has 0 spiro atoms. The van der Waals surface area contributed by atoms with E-state index < -0.39 is 43.1 Å². The lowest BCUT2D eigenvalue weighted by molar-refractivity contribution is -0.572. The van der Waals surface area contributed by atoms with Gasteiger partial charge in [0.1, 0.15) is 11.3 Å². The molecule has 3 rings (SSSR count). The number of hydrogen-bond donors (Lipinski definition) is 0. The van der Waals surface area contributed by atoms with Gasteiger partial charge in [0.15, 0.2) is 6.61 Å². The number of halogens is 8. The third-order valence-electron chi connectivity index (χ3n) is 4.28. The van der Waals surface area contributed by atoms with Gasteiger partial charge >= 0.3 is 30.8 Å². The van der Waals surface area contributed by atoms with E-state index in [2.05, 4.69) is 25.5 Å². The molecule has 1 heterocycles. The highest BCUT2D eigenvalue weighted by molar-refractivity contribution is 7.99. The molecule has 0 fully saturated rings. The lowest BCUT2D eigenvalue weighted by Gasteiger charge is -2.27. The minimum atomic E-state index is -5.84. The van der Waals surface area contributed by atoms with E-state index in [0.717, 1.165) is 5.56 Å². The summed E-state index contributed by atoms with van der Waals surface area (Å²) in [6.45, 7) is 0.716. The number of esters is 1. The first kappa shape index (κ1) is 29.4. The Labute approximate surface area is 213 Å². The van der Waals surface area contributed by atoms with Crippen LogP contribution in [0.4, 0.5) is 35.1 Å². The van der Waals surface area contributed by atoms with Crippen LogP contribution in [0.25, 0.3) is 22.3 Å². The van der Waals surface area contributed by atoms with Gasteiger partial charge in [0.05, 0.1) is 5.75 Å². The van der Waals surface area contributed by atoms with E-state index in [0.29, 0.717) is 34.6 Å². The van der Waals surface area contributed by atoms with Crippen LogP contribution in [0.1, 0.15) is 0 Å². The largest absolute Gasteiger partial charge is 0.496 e. The van der Waals surface area contributed by atoms with E-state index in [1.165, 1.54) is 18.2 Å². The van der Waals surface area contributed by atoms with E-state index >= 15 is 0 Å². The fourth-order valence-corrected chi connectivity index (χ4v) is 3.56. The number of ether oxygens (including phenoxy) is 4. The summed E-state index contributed by atoms with van der Waals surface area (Å²) in [6.07, 6.45) is -21.0. The van der Waals surface area contributed by atoms with Gasteiger partial charge in [-0.3, -0.25) is 0 Å². The van der Waals surface area contributed by atoms with Crippen LogP contribution in [-0.4, -0.2) is 43.1 Å². The molecule has 2 aromatic carbocycles. The van der Waals surface area contributed by atoms with Gasteiger partial charge in [0.2, 0.25) is 0 Å². The minimum Gasteiger partial charge on any atom is -0.456 e. The van der Waals surface area contributed by atoms with Gasteiger partial charge in [-0.1, -0.05) is 36.9 Å². The molecule has 206 valence electrons. The summed E-state index contributed by atoms with van der Waals surface area (Å²) >= 11 is 0.308. The highest BCUT2D eigenvalue weighted by Gasteiger charge is 2.56. The number of hydrogen-bond acceptors (Lipinski definition) is 7. The Kier molecular flexibility index (Phi) is 8.75. The van der Waals surface area contributed by atoms with Crippen molar-refractivity contribution in [3.63, 3.8) is 0 Å². The monoisotopic (exact) mass is 572 g/mol. The molecule has 38 heavy (non-hydrogen) atoms. The van der Waals surface area contributed by atoms with Gasteiger partial charge in [-0.05, 0) is 24.3 Å². The van der Waals surface area contributed by atoms with E-state index in [-0.39, 0.29) is 4.90 Å². The standard InChI is InChI=1S/C23H16F8O6S/c1-2-19(32)33-12-20(24,25)35-22(28,29)37-23(30,31)36-21(26,27)13-38-16-9-8-15-10-17(34-18(15)11-16)14-6-4-3-5-7-14/h2-11H,1,12-13H2. The molecule has 0 saturated carbocycles. The van der Waals surface area contributed by atoms with Gasteiger partial charge in [0, 0.05) is 21.9 Å². The van der Waals surface area contributed by atoms with E-state index in [9.17, 15) is 39.9 Å². The van der Waals surface area contributed by atoms with Crippen molar-refractivity contribution in [2.75, 3.05) is 12.4 Å². The summed E-state index contributed by atoms with van der Waals surface area (Å²) in [5, 5.41) is 0.620. The Bertz CT molecular complexity index is 1270. The van der Waals surface area contributed by atoms with Crippen LogP contribution in [0.15, 0.2) is 76.6 Å². The zero-order chi connectivity index (χ0) is 28.2. The summed E-state index contributed by atoms with van der Waals surface area (Å²) in [6, 6.07) is 14.9. The summed E-state index contributed by atoms with van der Waals surface area (Å²) in [4.78, 5) is 10.8. The van der Waals surface area contributed by atoms with Crippen molar-refractivity contribution in [3.8, 4) is 11.3 Å². The molecule has 0 bridgehead atoms. The fraction of sp³-hybridized carbons (Fsp3) is 0.261. The fourth-order valence-electron chi connectivity index (χ4n) is 2.81. The van der Waals surface area contributed by atoms with Crippen LogP contribution in [-0.2, 0) is 23.7 Å². The molecule has 0 atom stereocenters. The second-order valence-corrected chi connectivity index (χ2v) is 8.33. The molecule has 0 amide bonds. The Morgan fingerprint density at radius 2 is 1.50 bits per heavy atom. The molecular formula is C23H16F8O6S. The highest BCUT2D eigenvalue weighted by atomic mass is 32.2. The van der Waals surface area contributed by atoms with Crippen molar-refractivity contribution < 1.29 is 63.3 Å². The van der Waals surface area contributed by atoms with E-state index in [1.807, 2.05) is 0 Å². The molecule has 0 unspecified atom stereocenters. The zero-order valence-corrected chi connectivity index (χ0v) is 19.6. The first-order valence-electron chi connectivity index (χ1n) is 10.2. The molecule has 0 saturated heterocycles. The smallest absolute Gasteiger partial charge is 0.456 e. The summed E-state index contributed by atoms with van der Waals surface area (Å²) in [5.41, 5.74) is 1.04. The van der Waals surface area contributed by atoms with Gasteiger partial charge in [0.25, 0.3) is 0 Å². The van der Waals surface area contributed by atoms with Crippen LogP contribution < -0.4 is 0 Å². The number of furan rings is 1. The number of carbonyl (C=O) groups excluding carboxylic acids is 1. The van der Waals surface area contributed by atoms with Crippen LogP contribution in [0, 0.1) is 0 Å². The molecule has 0 aliphatic carbocycles. The molecule has 0 aliphatic rings. The minimum absolute atomic E-state index is 0.126. The van der Waals surface area contributed by atoms with Crippen LogP contribution in [0.3, 0.4) is 0 Å². The van der Waals surface area contributed by atoms with E-state index in [4.69, 9.17) is 4.42 Å². The average Bonchev–Trinajstić information content (AvgIpc) is 3.23. The molecule has 15 heteroatoms. The second kappa shape index (κ2) is 11.3. The zero-order valence-electron chi connectivity index (χ0n) is 18.8. The van der Waals surface area contributed by atoms with Gasteiger partial charge in [-0.25, -0.2) is 19.0 Å². The Morgan fingerprint density at radius 3 is 2.13 bits per heavy atom. The summed E-state index contributed by atoms with van der Waals surface area (Å²) in [5.74, 6) is -2.49. The number of fused-ring (bicyclic) bond motifs is 1. The van der Waals surface area contributed by atoms with Crippen LogP contribution in [0.2, 0.25) is 0 Å². The maximum absolute atomic E-state index is 14.0. The van der Waals surface area contributed by atoms with Crippen molar-refractivity contribution in [1.82, 2.24) is 0 Å². The Morgan fingerprint density at radius 1 is 0.868 bits per heavy atom. The van der Waals surface area contributed by atoms with E-state index in [1.54, 1.807) is 36.4 Å². The molecule has 0 radical (unpaired) electrons. The molecule has 3 aromatic rings. The van der Waals surface area contributed by atoms with Crippen LogP contribution in [0.5, 0.6) is 0 Å². The third-order valence-corrected chi connectivity index (χ3v) is 5.35. The number of rotatable bonds is 13. The second-order valence-electron chi connectivity index (χ2n) is 7.28. The number of thioether (sulfide) groups is 1. The van der Waals surface area contributed by atoms with Gasteiger partial charge in [-0.15, -0.1) is 29.3 Å².